The third-order valence-corrected chi connectivity index (χ3v) is 3.52. The van der Waals surface area contributed by atoms with E-state index in [0.717, 1.165) is 38.4 Å². The van der Waals surface area contributed by atoms with Crippen molar-refractivity contribution in [2.45, 2.75) is 58.9 Å². The molecule has 0 bridgehead atoms. The lowest BCUT2D eigenvalue weighted by molar-refractivity contribution is -0.137. The van der Waals surface area contributed by atoms with Gasteiger partial charge in [-0.15, -0.1) is 0 Å². The van der Waals surface area contributed by atoms with Gasteiger partial charge < -0.3 is 10.2 Å². The maximum Gasteiger partial charge on any atom is 0.223 e. The van der Waals surface area contributed by atoms with Gasteiger partial charge in [-0.05, 0) is 26.2 Å². The number of piperazine rings is 1. The minimum Gasteiger partial charge on any atom is -0.335 e. The summed E-state index contributed by atoms with van der Waals surface area (Å²) in [6.07, 6.45) is 4.17. The second-order valence-electron chi connectivity index (χ2n) is 6.17. The van der Waals surface area contributed by atoms with Crippen LogP contribution in [0, 0.1) is 5.92 Å². The molecule has 0 aromatic heterocycles. The summed E-state index contributed by atoms with van der Waals surface area (Å²) in [5, 5.41) is 3.35. The first kappa shape index (κ1) is 14.5. The third kappa shape index (κ3) is 4.66. The molecule has 17 heavy (non-hydrogen) atoms. The standard InChI is InChI=1S/C14H28N2O/c1-12(2)7-5-6-8-13(17)16-10-9-15-11-14(16,3)4/h12,15H,5-11H2,1-4H3. The fraction of sp³-hybridized carbons (Fsp3) is 0.929. The molecule has 0 atom stereocenters. The van der Waals surface area contributed by atoms with E-state index in [9.17, 15) is 4.79 Å². The van der Waals surface area contributed by atoms with Crippen LogP contribution in [-0.4, -0.2) is 36.0 Å². The minimum atomic E-state index is -0.0205. The molecule has 0 aromatic carbocycles. The van der Waals surface area contributed by atoms with Crippen molar-refractivity contribution in [1.82, 2.24) is 10.2 Å². The molecule has 1 fully saturated rings. The van der Waals surface area contributed by atoms with Crippen LogP contribution in [0.2, 0.25) is 0 Å². The Morgan fingerprint density at radius 3 is 2.65 bits per heavy atom. The van der Waals surface area contributed by atoms with Gasteiger partial charge in [0.2, 0.25) is 5.91 Å². The van der Waals surface area contributed by atoms with Crippen LogP contribution in [0.5, 0.6) is 0 Å². The summed E-state index contributed by atoms with van der Waals surface area (Å²) >= 11 is 0. The molecule has 1 saturated heterocycles. The Morgan fingerprint density at radius 1 is 1.35 bits per heavy atom. The summed E-state index contributed by atoms with van der Waals surface area (Å²) in [6.45, 7) is 11.5. The number of carbonyl (C=O) groups excluding carboxylic acids is 1. The van der Waals surface area contributed by atoms with Gasteiger partial charge in [-0.2, -0.15) is 0 Å². The molecule has 1 amide bonds. The number of carbonyl (C=O) groups is 1. The average molecular weight is 240 g/mol. The van der Waals surface area contributed by atoms with E-state index >= 15 is 0 Å². The van der Waals surface area contributed by atoms with Crippen LogP contribution in [0.4, 0.5) is 0 Å². The number of unbranched alkanes of at least 4 members (excludes halogenated alkanes) is 1. The highest BCUT2D eigenvalue weighted by Gasteiger charge is 2.32. The number of nitrogens with one attached hydrogen (secondary N) is 1. The zero-order chi connectivity index (χ0) is 12.9. The highest BCUT2D eigenvalue weighted by molar-refractivity contribution is 5.77. The van der Waals surface area contributed by atoms with E-state index in [1.165, 1.54) is 12.8 Å². The molecule has 1 aliphatic rings. The van der Waals surface area contributed by atoms with E-state index < -0.39 is 0 Å². The van der Waals surface area contributed by atoms with E-state index in [1.807, 2.05) is 0 Å². The molecule has 0 radical (unpaired) electrons. The monoisotopic (exact) mass is 240 g/mol. The van der Waals surface area contributed by atoms with E-state index in [2.05, 4.69) is 37.9 Å². The number of amides is 1. The number of hydrogen-bond acceptors (Lipinski definition) is 2. The van der Waals surface area contributed by atoms with Gasteiger partial charge in [-0.3, -0.25) is 4.79 Å². The maximum absolute atomic E-state index is 12.2. The van der Waals surface area contributed by atoms with Crippen molar-refractivity contribution in [3.8, 4) is 0 Å². The summed E-state index contributed by atoms with van der Waals surface area (Å²) < 4.78 is 0. The largest absolute Gasteiger partial charge is 0.335 e. The van der Waals surface area contributed by atoms with Gasteiger partial charge in [0.25, 0.3) is 0 Å². The van der Waals surface area contributed by atoms with Crippen LogP contribution in [0.25, 0.3) is 0 Å². The topological polar surface area (TPSA) is 32.3 Å². The Kier molecular flexibility index (Phi) is 5.44. The molecule has 1 rings (SSSR count). The van der Waals surface area contributed by atoms with Gasteiger partial charge in [0.05, 0.1) is 0 Å². The molecule has 1 heterocycles. The van der Waals surface area contributed by atoms with Gasteiger partial charge in [-0.1, -0.05) is 26.7 Å². The third-order valence-electron chi connectivity index (χ3n) is 3.52. The summed E-state index contributed by atoms with van der Waals surface area (Å²) in [5.74, 6) is 1.08. The van der Waals surface area contributed by atoms with Crippen LogP contribution in [0.1, 0.15) is 53.4 Å². The van der Waals surface area contributed by atoms with Crippen molar-refractivity contribution >= 4 is 5.91 Å². The molecule has 1 N–H and O–H groups in total. The summed E-state index contributed by atoms with van der Waals surface area (Å²) in [5.41, 5.74) is -0.0205. The van der Waals surface area contributed by atoms with Gasteiger partial charge in [-0.25, -0.2) is 0 Å². The summed E-state index contributed by atoms with van der Waals surface area (Å²) in [4.78, 5) is 14.2. The molecule has 0 saturated carbocycles. The second kappa shape index (κ2) is 6.39. The molecule has 0 unspecified atom stereocenters. The fourth-order valence-electron chi connectivity index (χ4n) is 2.41. The molecule has 1 aliphatic heterocycles. The first-order valence-corrected chi connectivity index (χ1v) is 6.94. The van der Waals surface area contributed by atoms with E-state index in [-0.39, 0.29) is 5.54 Å². The number of nitrogens with zero attached hydrogens (tertiary/aromatic N) is 1. The smallest absolute Gasteiger partial charge is 0.223 e. The highest BCUT2D eigenvalue weighted by atomic mass is 16.2. The SMILES string of the molecule is CC(C)CCCCC(=O)N1CCNCC1(C)C. The lowest BCUT2D eigenvalue weighted by atomic mass is 9.98. The summed E-state index contributed by atoms with van der Waals surface area (Å²) in [7, 11) is 0. The zero-order valence-corrected chi connectivity index (χ0v) is 11.9. The van der Waals surface area contributed by atoms with Crippen LogP contribution < -0.4 is 5.32 Å². The first-order valence-electron chi connectivity index (χ1n) is 6.94. The van der Waals surface area contributed by atoms with Crippen molar-refractivity contribution < 1.29 is 4.79 Å². The first-order chi connectivity index (χ1) is 7.93. The Morgan fingerprint density at radius 2 is 2.06 bits per heavy atom. The van der Waals surface area contributed by atoms with Gasteiger partial charge in [0, 0.05) is 31.6 Å². The molecule has 3 nitrogen and oxygen atoms in total. The maximum atomic E-state index is 12.2. The molecule has 0 aromatic rings. The van der Waals surface area contributed by atoms with Crippen molar-refractivity contribution in [2.24, 2.45) is 5.92 Å². The van der Waals surface area contributed by atoms with E-state index in [1.54, 1.807) is 0 Å². The van der Waals surface area contributed by atoms with Crippen LogP contribution in [0.15, 0.2) is 0 Å². The second-order valence-corrected chi connectivity index (χ2v) is 6.17. The molecule has 0 spiro atoms. The van der Waals surface area contributed by atoms with Gasteiger partial charge >= 0.3 is 0 Å². The number of hydrogen-bond donors (Lipinski definition) is 1. The Hall–Kier alpha value is -0.570. The molecule has 100 valence electrons. The van der Waals surface area contributed by atoms with Gasteiger partial charge in [0.1, 0.15) is 0 Å². The molecular formula is C14H28N2O. The van der Waals surface area contributed by atoms with Crippen molar-refractivity contribution in [3.05, 3.63) is 0 Å². The Bertz CT molecular complexity index is 249. The number of rotatable bonds is 5. The zero-order valence-electron chi connectivity index (χ0n) is 11.9. The predicted octanol–water partition coefficient (Wildman–Crippen LogP) is 2.41. The van der Waals surface area contributed by atoms with Crippen LogP contribution >= 0.6 is 0 Å². The molecule has 3 heteroatoms. The van der Waals surface area contributed by atoms with Crippen molar-refractivity contribution in [1.29, 1.82) is 0 Å². The Labute approximate surface area is 106 Å². The average Bonchev–Trinajstić information content (AvgIpc) is 2.23. The highest BCUT2D eigenvalue weighted by Crippen LogP contribution is 2.18. The van der Waals surface area contributed by atoms with E-state index in [4.69, 9.17) is 0 Å². The van der Waals surface area contributed by atoms with Crippen molar-refractivity contribution in [3.63, 3.8) is 0 Å². The fourth-order valence-corrected chi connectivity index (χ4v) is 2.41. The van der Waals surface area contributed by atoms with Crippen LogP contribution in [-0.2, 0) is 4.79 Å². The quantitative estimate of drug-likeness (QED) is 0.749. The molecule has 0 aliphatic carbocycles. The molecular weight excluding hydrogens is 212 g/mol. The van der Waals surface area contributed by atoms with Crippen LogP contribution in [0.3, 0.4) is 0 Å². The lowest BCUT2D eigenvalue weighted by Gasteiger charge is -2.43. The van der Waals surface area contributed by atoms with Crippen molar-refractivity contribution in [2.75, 3.05) is 19.6 Å². The predicted molar refractivity (Wildman–Crippen MR) is 72.0 cm³/mol. The minimum absolute atomic E-state index is 0.0205. The van der Waals surface area contributed by atoms with Gasteiger partial charge in [0.15, 0.2) is 0 Å². The summed E-state index contributed by atoms with van der Waals surface area (Å²) in [6, 6.07) is 0. The normalized spacial score (nSPS) is 19.7. The lowest BCUT2D eigenvalue weighted by Crippen LogP contribution is -2.59. The Balaban J connectivity index is 2.31. The van der Waals surface area contributed by atoms with E-state index in [0.29, 0.717) is 5.91 Å².